The number of aliphatic hydroxyl groups is 1. The summed E-state index contributed by atoms with van der Waals surface area (Å²) in [6, 6.07) is 6.67. The summed E-state index contributed by atoms with van der Waals surface area (Å²) in [7, 11) is 0. The fourth-order valence-electron chi connectivity index (χ4n) is 6.94. The summed E-state index contributed by atoms with van der Waals surface area (Å²) in [6.07, 6.45) is 2.30. The molecular weight excluding hydrogens is 566 g/mol. The maximum Gasteiger partial charge on any atom is 0.333 e. The minimum absolute atomic E-state index is 0.0219. The highest BCUT2D eigenvalue weighted by atomic mass is 35.5. The average molecular weight is 597 g/mol. The third-order valence-electron chi connectivity index (χ3n) is 9.13. The Morgan fingerprint density at radius 3 is 2.62 bits per heavy atom. The number of nitrogens with two attached hydrogens (primary N) is 1. The minimum Gasteiger partial charge on any atom is -0.390 e. The molecule has 2 heterocycles. The molecule has 0 bridgehead atoms. The van der Waals surface area contributed by atoms with Crippen LogP contribution in [0.25, 0.3) is 16.6 Å². The molecule has 2 aromatic carbocycles. The number of amides is 1. The summed E-state index contributed by atoms with van der Waals surface area (Å²) in [5.74, 6) is -3.46. The number of nitrogens with one attached hydrogen (secondary N) is 2. The van der Waals surface area contributed by atoms with E-state index in [-0.39, 0.29) is 28.9 Å². The van der Waals surface area contributed by atoms with Crippen molar-refractivity contribution in [1.82, 2.24) is 14.5 Å². The van der Waals surface area contributed by atoms with Crippen LogP contribution in [-0.2, 0) is 17.6 Å². The number of fused-ring (bicyclic) bond motifs is 4. The van der Waals surface area contributed by atoms with Crippen LogP contribution in [0.4, 0.5) is 8.78 Å². The van der Waals surface area contributed by atoms with Crippen LogP contribution in [0.1, 0.15) is 72.2 Å². The Kier molecular flexibility index (Phi) is 6.69. The largest absolute Gasteiger partial charge is 0.390 e. The average Bonchev–Trinajstić information content (AvgIpc) is 3.28. The van der Waals surface area contributed by atoms with Crippen LogP contribution in [-0.4, -0.2) is 36.5 Å². The van der Waals surface area contributed by atoms with Gasteiger partial charge in [0.15, 0.2) is 5.82 Å². The number of halogens is 3. The molecule has 0 fully saturated rings. The number of aromatic amines is 2. The lowest BCUT2D eigenvalue weighted by atomic mass is 9.71. The molecular formula is C31H31ClF2N4O4. The molecule has 2 aliphatic rings. The van der Waals surface area contributed by atoms with Gasteiger partial charge < -0.3 is 20.8 Å². The maximum atomic E-state index is 14.4. The van der Waals surface area contributed by atoms with Crippen LogP contribution in [0.3, 0.4) is 0 Å². The Bertz CT molecular complexity index is 1890. The van der Waals surface area contributed by atoms with Gasteiger partial charge >= 0.3 is 5.69 Å². The van der Waals surface area contributed by atoms with Crippen molar-refractivity contribution < 1.29 is 18.7 Å². The van der Waals surface area contributed by atoms with Gasteiger partial charge in [0, 0.05) is 28.7 Å². The Hall–Kier alpha value is -3.76. The molecule has 0 radical (unpaired) electrons. The molecule has 0 spiro atoms. The number of carbonyl (C=O) groups is 1. The summed E-state index contributed by atoms with van der Waals surface area (Å²) in [4.78, 5) is 45.0. The Labute approximate surface area is 244 Å². The van der Waals surface area contributed by atoms with Crippen LogP contribution in [0.5, 0.6) is 0 Å². The van der Waals surface area contributed by atoms with Gasteiger partial charge in [-0.3, -0.25) is 9.59 Å². The monoisotopic (exact) mass is 596 g/mol. The first-order chi connectivity index (χ1) is 19.8. The summed E-state index contributed by atoms with van der Waals surface area (Å²) in [5.41, 5.74) is 8.03. The van der Waals surface area contributed by atoms with Gasteiger partial charge in [-0.1, -0.05) is 12.1 Å². The van der Waals surface area contributed by atoms with Crippen molar-refractivity contribution >= 4 is 28.4 Å². The van der Waals surface area contributed by atoms with Crippen LogP contribution in [0.15, 0.2) is 39.9 Å². The lowest BCUT2D eigenvalue weighted by molar-refractivity contribution is -0.119. The molecule has 11 heteroatoms. The van der Waals surface area contributed by atoms with E-state index in [4.69, 9.17) is 17.3 Å². The predicted molar refractivity (Wildman–Crippen MR) is 155 cm³/mol. The van der Waals surface area contributed by atoms with E-state index in [2.05, 4.69) is 9.97 Å². The minimum atomic E-state index is -1.04. The topological polar surface area (TPSA) is 134 Å². The van der Waals surface area contributed by atoms with Crippen LogP contribution in [0, 0.1) is 24.5 Å². The Morgan fingerprint density at radius 1 is 1.19 bits per heavy atom. The first-order valence-electron chi connectivity index (χ1n) is 13.9. The van der Waals surface area contributed by atoms with Crippen LogP contribution < -0.4 is 17.0 Å². The van der Waals surface area contributed by atoms with Gasteiger partial charge in [-0.2, -0.15) is 0 Å². The second kappa shape index (κ2) is 9.91. The van der Waals surface area contributed by atoms with E-state index in [9.17, 15) is 28.3 Å². The van der Waals surface area contributed by atoms with Gasteiger partial charge in [0.1, 0.15) is 5.82 Å². The summed E-state index contributed by atoms with van der Waals surface area (Å²) in [5, 5.41) is 9.86. The van der Waals surface area contributed by atoms with E-state index in [1.165, 1.54) is 0 Å². The molecule has 2 aliphatic carbocycles. The Balaban J connectivity index is 1.54. The number of nitrogens with zero attached hydrogens (tertiary/aromatic N) is 1. The zero-order chi connectivity index (χ0) is 30.2. The standard InChI is InChI=1S/C31H31ClF2N4O4/c1-13-16(5-4-6-23(13)38-29(40)19-10-15(33)11-21(34)26(19)37-30(38)41)24-20(32)12-18(28(35)39)27-25(24)17-8-7-14(31(2,3)42)9-22(17)36-27/h4-6,10-11,14,18,20,24,36,42H,7-9,12H2,1-3H3,(H2,35,39)(H,37,41). The SMILES string of the molecule is Cc1c(C2c3c([nH]c4c3CCC(C(C)(C)O)C4)C(C(N)=O)CC2Cl)cccc1-n1c(=O)[nH]c2c(F)cc(F)cc2c1=O. The summed E-state index contributed by atoms with van der Waals surface area (Å²) >= 11 is 7.05. The number of alkyl halides is 1. The molecule has 0 saturated carbocycles. The van der Waals surface area contributed by atoms with E-state index in [1.807, 2.05) is 6.07 Å². The summed E-state index contributed by atoms with van der Waals surface area (Å²) < 4.78 is 29.3. The fourth-order valence-corrected chi connectivity index (χ4v) is 7.38. The van der Waals surface area contributed by atoms with Crippen molar-refractivity contribution in [1.29, 1.82) is 0 Å². The van der Waals surface area contributed by atoms with Gasteiger partial charge in [-0.25, -0.2) is 18.1 Å². The number of aromatic nitrogens is 3. The van der Waals surface area contributed by atoms with Gasteiger partial charge in [0.05, 0.1) is 28.1 Å². The normalized spacial score (nSPS) is 22.2. The van der Waals surface area contributed by atoms with Gasteiger partial charge in [-0.05, 0) is 86.8 Å². The van der Waals surface area contributed by atoms with E-state index in [1.54, 1.807) is 32.9 Å². The molecule has 6 rings (SSSR count). The van der Waals surface area contributed by atoms with Crippen molar-refractivity contribution in [3.8, 4) is 5.69 Å². The quantitative estimate of drug-likeness (QED) is 0.263. The molecule has 1 amide bonds. The maximum absolute atomic E-state index is 14.4. The number of benzene rings is 2. The van der Waals surface area contributed by atoms with E-state index >= 15 is 0 Å². The lowest BCUT2D eigenvalue weighted by Crippen LogP contribution is -2.36. The van der Waals surface area contributed by atoms with E-state index < -0.39 is 51.6 Å². The second-order valence-electron chi connectivity index (χ2n) is 12.1. The van der Waals surface area contributed by atoms with Gasteiger partial charge in [0.25, 0.3) is 5.56 Å². The molecule has 220 valence electrons. The first-order valence-corrected chi connectivity index (χ1v) is 14.3. The molecule has 0 aliphatic heterocycles. The van der Waals surface area contributed by atoms with Gasteiger partial charge in [-0.15, -0.1) is 11.6 Å². The van der Waals surface area contributed by atoms with E-state index in [0.29, 0.717) is 30.2 Å². The predicted octanol–water partition coefficient (Wildman–Crippen LogP) is 4.18. The summed E-state index contributed by atoms with van der Waals surface area (Å²) in [6.45, 7) is 5.35. The molecule has 4 aromatic rings. The van der Waals surface area contributed by atoms with Crippen LogP contribution >= 0.6 is 11.6 Å². The highest BCUT2D eigenvalue weighted by Gasteiger charge is 2.43. The zero-order valence-electron chi connectivity index (χ0n) is 23.4. The highest BCUT2D eigenvalue weighted by Crippen LogP contribution is 2.50. The second-order valence-corrected chi connectivity index (χ2v) is 12.6. The van der Waals surface area contributed by atoms with Crippen molar-refractivity contribution in [2.75, 3.05) is 0 Å². The number of hydrogen-bond donors (Lipinski definition) is 4. The molecule has 4 atom stereocenters. The molecule has 5 N–H and O–H groups in total. The number of hydrogen-bond acceptors (Lipinski definition) is 4. The lowest BCUT2D eigenvalue weighted by Gasteiger charge is -2.35. The molecule has 42 heavy (non-hydrogen) atoms. The first kappa shape index (κ1) is 28.4. The Morgan fingerprint density at radius 2 is 1.93 bits per heavy atom. The molecule has 0 saturated heterocycles. The number of H-pyrrole nitrogens is 2. The number of rotatable bonds is 4. The van der Waals surface area contributed by atoms with Crippen molar-refractivity contribution in [3.63, 3.8) is 0 Å². The van der Waals surface area contributed by atoms with Crippen molar-refractivity contribution in [2.24, 2.45) is 11.7 Å². The third kappa shape index (κ3) is 4.39. The van der Waals surface area contributed by atoms with Crippen molar-refractivity contribution in [2.45, 2.75) is 69.3 Å². The fraction of sp³-hybridized carbons (Fsp3) is 0.387. The van der Waals surface area contributed by atoms with Crippen molar-refractivity contribution in [3.05, 3.63) is 96.4 Å². The van der Waals surface area contributed by atoms with E-state index in [0.717, 1.165) is 39.4 Å². The number of primary amides is 1. The van der Waals surface area contributed by atoms with Crippen LogP contribution in [0.2, 0.25) is 0 Å². The smallest absolute Gasteiger partial charge is 0.333 e. The molecule has 4 unspecified atom stereocenters. The highest BCUT2D eigenvalue weighted by molar-refractivity contribution is 6.22. The molecule has 2 aromatic heterocycles. The third-order valence-corrected chi connectivity index (χ3v) is 9.56. The zero-order valence-corrected chi connectivity index (χ0v) is 24.1. The molecule has 8 nitrogen and oxygen atoms in total. The number of carbonyl (C=O) groups excluding carboxylic acids is 1. The van der Waals surface area contributed by atoms with Gasteiger partial charge in [0.2, 0.25) is 5.91 Å².